The van der Waals surface area contributed by atoms with E-state index in [0.717, 1.165) is 17.7 Å². The zero-order valence-electron chi connectivity index (χ0n) is 12.1. The molecule has 2 heterocycles. The zero-order valence-corrected chi connectivity index (χ0v) is 12.1. The van der Waals surface area contributed by atoms with E-state index in [1.165, 1.54) is 0 Å². The molecule has 0 radical (unpaired) electrons. The number of nitrogens with one attached hydrogen (secondary N) is 1. The Labute approximate surface area is 127 Å². The van der Waals surface area contributed by atoms with Gasteiger partial charge in [0.1, 0.15) is 11.4 Å². The highest BCUT2D eigenvalue weighted by Crippen LogP contribution is 2.28. The molecule has 6 heteroatoms. The average Bonchev–Trinajstić information content (AvgIpc) is 3.11. The molecule has 0 unspecified atom stereocenters. The molecule has 1 aliphatic heterocycles. The summed E-state index contributed by atoms with van der Waals surface area (Å²) in [6.45, 7) is 0.603. The van der Waals surface area contributed by atoms with Crippen molar-refractivity contribution >= 4 is 11.9 Å². The van der Waals surface area contributed by atoms with E-state index in [-0.39, 0.29) is 0 Å². The number of amides is 1. The first-order valence-electron chi connectivity index (χ1n) is 6.97. The summed E-state index contributed by atoms with van der Waals surface area (Å²) in [5.74, 6) is -0.736. The van der Waals surface area contributed by atoms with Crippen LogP contribution in [0.5, 0.6) is 5.75 Å². The van der Waals surface area contributed by atoms with Crippen molar-refractivity contribution in [2.75, 3.05) is 6.61 Å². The maximum Gasteiger partial charge on any atom is 0.330 e. The Balaban J connectivity index is 1.86. The van der Waals surface area contributed by atoms with Crippen molar-refractivity contribution in [3.63, 3.8) is 0 Å². The van der Waals surface area contributed by atoms with Crippen LogP contribution in [0.1, 0.15) is 27.7 Å². The van der Waals surface area contributed by atoms with Gasteiger partial charge in [0.05, 0.1) is 6.61 Å². The van der Waals surface area contributed by atoms with E-state index in [4.69, 9.17) is 4.74 Å². The number of aromatic nitrogens is 1. The Kier molecular flexibility index (Phi) is 3.58. The minimum Gasteiger partial charge on any atom is -0.493 e. The number of carboxylic acid groups (broad SMARTS) is 1. The minimum atomic E-state index is -1.10. The Hall–Kier alpha value is -2.76. The van der Waals surface area contributed by atoms with Gasteiger partial charge in [0.25, 0.3) is 5.91 Å². The number of nitrogens with zero attached hydrogens (tertiary/aromatic N) is 1. The van der Waals surface area contributed by atoms with Crippen molar-refractivity contribution < 1.29 is 19.4 Å². The first kappa shape index (κ1) is 14.2. The van der Waals surface area contributed by atoms with Crippen molar-refractivity contribution in [2.24, 2.45) is 7.05 Å². The van der Waals surface area contributed by atoms with Gasteiger partial charge in [-0.25, -0.2) is 4.79 Å². The third-order valence-corrected chi connectivity index (χ3v) is 3.75. The summed E-state index contributed by atoms with van der Waals surface area (Å²) in [6.07, 6.45) is 2.48. The molecule has 2 aromatic rings. The van der Waals surface area contributed by atoms with Gasteiger partial charge in [-0.2, -0.15) is 0 Å². The molecule has 0 saturated heterocycles. The maximum atomic E-state index is 12.2. The molecule has 114 valence electrons. The van der Waals surface area contributed by atoms with Gasteiger partial charge in [-0.1, -0.05) is 6.07 Å². The lowest BCUT2D eigenvalue weighted by atomic mass is 10.0. The lowest BCUT2D eigenvalue weighted by molar-refractivity contribution is -0.139. The number of rotatable bonds is 4. The SMILES string of the molecule is Cn1cccc1C(=O)N[C@@H](C(=O)O)c1ccc2c(c1)CCO2. The molecule has 1 aromatic heterocycles. The standard InChI is InChI=1S/C16H16N2O4/c1-18-7-2-3-12(18)15(19)17-14(16(20)21)11-4-5-13-10(9-11)6-8-22-13/h2-5,7,9,14H,6,8H2,1H3,(H,17,19)(H,20,21)/t14-/m1/s1. The van der Waals surface area contributed by atoms with Crippen LogP contribution < -0.4 is 10.1 Å². The van der Waals surface area contributed by atoms with E-state index < -0.39 is 17.9 Å². The molecule has 1 aromatic carbocycles. The first-order chi connectivity index (χ1) is 10.6. The monoisotopic (exact) mass is 300 g/mol. The largest absolute Gasteiger partial charge is 0.493 e. The lowest BCUT2D eigenvalue weighted by Gasteiger charge is -2.16. The normalized spacial score (nSPS) is 14.0. The van der Waals surface area contributed by atoms with E-state index in [1.807, 2.05) is 0 Å². The van der Waals surface area contributed by atoms with Crippen LogP contribution in [0.15, 0.2) is 36.5 Å². The van der Waals surface area contributed by atoms with Gasteiger partial charge < -0.3 is 19.7 Å². The van der Waals surface area contributed by atoms with Gasteiger partial charge in [0, 0.05) is 19.7 Å². The van der Waals surface area contributed by atoms with Crippen LogP contribution in [-0.4, -0.2) is 28.2 Å². The number of carbonyl (C=O) groups is 2. The molecule has 0 saturated carbocycles. The smallest absolute Gasteiger partial charge is 0.330 e. The number of carboxylic acids is 1. The summed E-state index contributed by atoms with van der Waals surface area (Å²) < 4.78 is 7.05. The summed E-state index contributed by atoms with van der Waals surface area (Å²) in [5, 5.41) is 12.0. The quantitative estimate of drug-likeness (QED) is 0.897. The van der Waals surface area contributed by atoms with Gasteiger partial charge in [-0.3, -0.25) is 4.79 Å². The molecule has 0 aliphatic carbocycles. The molecule has 1 atom stereocenters. The summed E-state index contributed by atoms with van der Waals surface area (Å²) in [5.41, 5.74) is 1.92. The second-order valence-electron chi connectivity index (χ2n) is 5.21. The second-order valence-corrected chi connectivity index (χ2v) is 5.21. The summed E-state index contributed by atoms with van der Waals surface area (Å²) in [4.78, 5) is 23.8. The van der Waals surface area contributed by atoms with Gasteiger partial charge in [0.15, 0.2) is 6.04 Å². The fraction of sp³-hybridized carbons (Fsp3) is 0.250. The fourth-order valence-corrected chi connectivity index (χ4v) is 2.58. The summed E-state index contributed by atoms with van der Waals surface area (Å²) in [6, 6.07) is 7.50. The highest BCUT2D eigenvalue weighted by Gasteiger charge is 2.25. The number of aliphatic carboxylic acids is 1. The highest BCUT2D eigenvalue weighted by atomic mass is 16.5. The fourth-order valence-electron chi connectivity index (χ4n) is 2.58. The average molecular weight is 300 g/mol. The molecular formula is C16H16N2O4. The zero-order chi connectivity index (χ0) is 15.7. The van der Waals surface area contributed by atoms with E-state index in [2.05, 4.69) is 5.32 Å². The van der Waals surface area contributed by atoms with Crippen LogP contribution >= 0.6 is 0 Å². The van der Waals surface area contributed by atoms with E-state index in [0.29, 0.717) is 17.9 Å². The summed E-state index contributed by atoms with van der Waals surface area (Å²) >= 11 is 0. The van der Waals surface area contributed by atoms with Gasteiger partial charge >= 0.3 is 5.97 Å². The Morgan fingerprint density at radius 3 is 2.86 bits per heavy atom. The van der Waals surface area contributed by atoms with Crippen LogP contribution in [0.3, 0.4) is 0 Å². The molecule has 0 bridgehead atoms. The third kappa shape index (κ3) is 2.55. The lowest BCUT2D eigenvalue weighted by Crippen LogP contribution is -2.34. The molecule has 1 amide bonds. The van der Waals surface area contributed by atoms with Crippen LogP contribution in [0.2, 0.25) is 0 Å². The molecule has 3 rings (SSSR count). The van der Waals surface area contributed by atoms with Crippen molar-refractivity contribution in [3.8, 4) is 5.75 Å². The third-order valence-electron chi connectivity index (χ3n) is 3.75. The predicted molar refractivity (Wildman–Crippen MR) is 78.9 cm³/mol. The first-order valence-corrected chi connectivity index (χ1v) is 6.97. The number of hydrogen-bond donors (Lipinski definition) is 2. The number of ether oxygens (including phenoxy) is 1. The van der Waals surface area contributed by atoms with Gasteiger partial charge in [0.2, 0.25) is 0 Å². The number of carbonyl (C=O) groups excluding carboxylic acids is 1. The molecule has 22 heavy (non-hydrogen) atoms. The predicted octanol–water partition coefficient (Wildman–Crippen LogP) is 1.52. The van der Waals surface area contributed by atoms with Crippen LogP contribution in [-0.2, 0) is 18.3 Å². The maximum absolute atomic E-state index is 12.2. The van der Waals surface area contributed by atoms with Gasteiger partial charge in [-0.05, 0) is 35.4 Å². The van der Waals surface area contributed by atoms with Crippen molar-refractivity contribution in [2.45, 2.75) is 12.5 Å². The Bertz CT molecular complexity index is 735. The Morgan fingerprint density at radius 1 is 1.36 bits per heavy atom. The molecule has 2 N–H and O–H groups in total. The second kappa shape index (κ2) is 5.55. The van der Waals surface area contributed by atoms with Crippen LogP contribution in [0.4, 0.5) is 0 Å². The topological polar surface area (TPSA) is 80.6 Å². The van der Waals surface area contributed by atoms with Gasteiger partial charge in [-0.15, -0.1) is 0 Å². The number of benzene rings is 1. The van der Waals surface area contributed by atoms with E-state index >= 15 is 0 Å². The molecular weight excluding hydrogens is 284 g/mol. The van der Waals surface area contributed by atoms with Crippen molar-refractivity contribution in [3.05, 3.63) is 53.3 Å². The molecule has 1 aliphatic rings. The van der Waals surface area contributed by atoms with Crippen LogP contribution in [0.25, 0.3) is 0 Å². The van der Waals surface area contributed by atoms with E-state index in [1.54, 1.807) is 48.1 Å². The van der Waals surface area contributed by atoms with E-state index in [9.17, 15) is 14.7 Å². The van der Waals surface area contributed by atoms with Crippen LogP contribution in [0, 0.1) is 0 Å². The minimum absolute atomic E-state index is 0.413. The number of fused-ring (bicyclic) bond motifs is 1. The number of hydrogen-bond acceptors (Lipinski definition) is 3. The molecule has 0 spiro atoms. The van der Waals surface area contributed by atoms with Crippen molar-refractivity contribution in [1.82, 2.24) is 9.88 Å². The highest BCUT2D eigenvalue weighted by molar-refractivity contribution is 5.95. The van der Waals surface area contributed by atoms with Crippen molar-refractivity contribution in [1.29, 1.82) is 0 Å². The summed E-state index contributed by atoms with van der Waals surface area (Å²) in [7, 11) is 1.73. The Morgan fingerprint density at radius 2 is 2.18 bits per heavy atom. The number of aryl methyl sites for hydroxylation is 1. The molecule has 6 nitrogen and oxygen atoms in total. The molecule has 0 fully saturated rings.